The zero-order chi connectivity index (χ0) is 13.1. The topological polar surface area (TPSA) is 36.4 Å². The van der Waals surface area contributed by atoms with Crippen LogP contribution in [0.15, 0.2) is 18.3 Å². The Morgan fingerprint density at radius 1 is 1.11 bits per heavy atom. The van der Waals surface area contributed by atoms with Crippen LogP contribution in [0.25, 0.3) is 0 Å². The fourth-order valence-electron chi connectivity index (χ4n) is 3.74. The molecule has 0 bridgehead atoms. The van der Waals surface area contributed by atoms with Crippen molar-refractivity contribution in [1.29, 1.82) is 0 Å². The first-order valence-corrected chi connectivity index (χ1v) is 7.62. The number of pyridine rings is 1. The molecule has 1 saturated heterocycles. The van der Waals surface area contributed by atoms with Gasteiger partial charge in [0.05, 0.1) is 6.61 Å². The highest BCUT2D eigenvalue weighted by atomic mass is 16.3. The lowest BCUT2D eigenvalue weighted by atomic mass is 9.68. The summed E-state index contributed by atoms with van der Waals surface area (Å²) in [4.78, 5) is 6.85. The number of hydrogen-bond donors (Lipinski definition) is 1. The Balaban J connectivity index is 1.65. The van der Waals surface area contributed by atoms with E-state index in [-0.39, 0.29) is 6.61 Å². The molecular formula is C16H24N2O. The van der Waals surface area contributed by atoms with Gasteiger partial charge in [0, 0.05) is 19.3 Å². The second-order valence-corrected chi connectivity index (χ2v) is 6.23. The van der Waals surface area contributed by atoms with Crippen molar-refractivity contribution in [1.82, 2.24) is 4.98 Å². The lowest BCUT2D eigenvalue weighted by Crippen LogP contribution is -2.41. The molecule has 104 valence electrons. The van der Waals surface area contributed by atoms with E-state index in [0.29, 0.717) is 5.41 Å². The van der Waals surface area contributed by atoms with Gasteiger partial charge in [0.25, 0.3) is 0 Å². The Kier molecular flexibility index (Phi) is 3.74. The number of aromatic nitrogens is 1. The number of hydrogen-bond acceptors (Lipinski definition) is 3. The highest BCUT2D eigenvalue weighted by Crippen LogP contribution is 2.44. The molecule has 0 radical (unpaired) electrons. The van der Waals surface area contributed by atoms with Gasteiger partial charge in [0.1, 0.15) is 5.82 Å². The fraction of sp³-hybridized carbons (Fsp3) is 0.688. The van der Waals surface area contributed by atoms with Gasteiger partial charge in [0.15, 0.2) is 0 Å². The smallest absolute Gasteiger partial charge is 0.128 e. The monoisotopic (exact) mass is 260 g/mol. The average Bonchev–Trinajstić information content (AvgIpc) is 2.49. The van der Waals surface area contributed by atoms with Crippen molar-refractivity contribution in [3.63, 3.8) is 0 Å². The van der Waals surface area contributed by atoms with Crippen LogP contribution in [-0.2, 0) is 6.61 Å². The first kappa shape index (κ1) is 12.9. The van der Waals surface area contributed by atoms with Gasteiger partial charge in [-0.3, -0.25) is 0 Å². The maximum absolute atomic E-state index is 9.21. The summed E-state index contributed by atoms with van der Waals surface area (Å²) in [5.41, 5.74) is 1.60. The summed E-state index contributed by atoms with van der Waals surface area (Å²) in [5, 5.41) is 9.21. The molecule has 1 aromatic heterocycles. The van der Waals surface area contributed by atoms with Crippen molar-refractivity contribution in [3.8, 4) is 0 Å². The number of rotatable bonds is 2. The van der Waals surface area contributed by atoms with Gasteiger partial charge < -0.3 is 10.0 Å². The number of piperidine rings is 1. The molecule has 3 rings (SSSR count). The largest absolute Gasteiger partial charge is 0.392 e. The Hall–Kier alpha value is -1.09. The standard InChI is InChI=1S/C16H24N2O/c19-13-14-4-9-17-15(12-14)18-10-7-16(8-11-18)5-2-1-3-6-16/h4,9,12,19H,1-3,5-8,10-11,13H2. The van der Waals surface area contributed by atoms with Crippen LogP contribution in [0.5, 0.6) is 0 Å². The SMILES string of the molecule is OCc1ccnc(N2CCC3(CCCCC3)CC2)c1. The van der Waals surface area contributed by atoms with Crippen LogP contribution in [-0.4, -0.2) is 23.2 Å². The molecule has 2 heterocycles. The molecule has 1 saturated carbocycles. The number of nitrogens with zero attached hydrogens (tertiary/aromatic N) is 2. The van der Waals surface area contributed by atoms with Gasteiger partial charge in [-0.1, -0.05) is 19.3 Å². The molecule has 1 aliphatic heterocycles. The summed E-state index contributed by atoms with van der Waals surface area (Å²) >= 11 is 0. The zero-order valence-corrected chi connectivity index (χ0v) is 11.6. The van der Waals surface area contributed by atoms with E-state index in [9.17, 15) is 5.11 Å². The van der Waals surface area contributed by atoms with E-state index in [0.717, 1.165) is 24.5 Å². The predicted octanol–water partition coefficient (Wildman–Crippen LogP) is 3.12. The average molecular weight is 260 g/mol. The van der Waals surface area contributed by atoms with E-state index in [1.165, 1.54) is 44.9 Å². The molecule has 1 aromatic rings. The van der Waals surface area contributed by atoms with Gasteiger partial charge in [-0.15, -0.1) is 0 Å². The summed E-state index contributed by atoms with van der Waals surface area (Å²) < 4.78 is 0. The summed E-state index contributed by atoms with van der Waals surface area (Å²) in [5.74, 6) is 1.04. The first-order chi connectivity index (χ1) is 9.31. The van der Waals surface area contributed by atoms with Crippen molar-refractivity contribution < 1.29 is 5.11 Å². The van der Waals surface area contributed by atoms with Gasteiger partial charge in [-0.2, -0.15) is 0 Å². The molecule has 2 fully saturated rings. The van der Waals surface area contributed by atoms with E-state index >= 15 is 0 Å². The number of anilines is 1. The molecule has 0 atom stereocenters. The Bertz CT molecular complexity index is 417. The summed E-state index contributed by atoms with van der Waals surface area (Å²) in [7, 11) is 0. The molecule has 0 unspecified atom stereocenters. The molecule has 3 nitrogen and oxygen atoms in total. The summed E-state index contributed by atoms with van der Waals surface area (Å²) in [6, 6.07) is 3.91. The maximum atomic E-state index is 9.21. The van der Waals surface area contributed by atoms with E-state index < -0.39 is 0 Å². The van der Waals surface area contributed by atoms with E-state index in [1.807, 2.05) is 18.3 Å². The lowest BCUT2D eigenvalue weighted by molar-refractivity contribution is 0.144. The zero-order valence-electron chi connectivity index (χ0n) is 11.6. The van der Waals surface area contributed by atoms with Crippen molar-refractivity contribution >= 4 is 5.82 Å². The van der Waals surface area contributed by atoms with Crippen molar-refractivity contribution in [2.24, 2.45) is 5.41 Å². The summed E-state index contributed by atoms with van der Waals surface area (Å²) in [6.45, 7) is 2.36. The minimum atomic E-state index is 0.104. The van der Waals surface area contributed by atoms with Crippen LogP contribution >= 0.6 is 0 Å². The van der Waals surface area contributed by atoms with Crippen LogP contribution in [0.4, 0.5) is 5.82 Å². The van der Waals surface area contributed by atoms with E-state index in [4.69, 9.17) is 0 Å². The second kappa shape index (κ2) is 5.49. The first-order valence-electron chi connectivity index (χ1n) is 7.62. The highest BCUT2D eigenvalue weighted by molar-refractivity contribution is 5.41. The second-order valence-electron chi connectivity index (χ2n) is 6.23. The van der Waals surface area contributed by atoms with Crippen LogP contribution in [0.1, 0.15) is 50.5 Å². The van der Waals surface area contributed by atoms with Gasteiger partial charge >= 0.3 is 0 Å². The molecule has 2 aliphatic rings. The third-order valence-electron chi connectivity index (χ3n) is 5.05. The van der Waals surface area contributed by atoms with E-state index in [1.54, 1.807) is 0 Å². The van der Waals surface area contributed by atoms with Gasteiger partial charge in [-0.05, 0) is 48.8 Å². The Labute approximate surface area is 115 Å². The molecule has 3 heteroatoms. The van der Waals surface area contributed by atoms with Gasteiger partial charge in [0.2, 0.25) is 0 Å². The van der Waals surface area contributed by atoms with Crippen LogP contribution in [0.3, 0.4) is 0 Å². The Morgan fingerprint density at radius 2 is 1.84 bits per heavy atom. The van der Waals surface area contributed by atoms with Crippen molar-refractivity contribution in [2.75, 3.05) is 18.0 Å². The highest BCUT2D eigenvalue weighted by Gasteiger charge is 2.35. The number of aliphatic hydroxyl groups is 1. The molecule has 1 aliphatic carbocycles. The minimum absolute atomic E-state index is 0.104. The van der Waals surface area contributed by atoms with Gasteiger partial charge in [-0.25, -0.2) is 4.98 Å². The molecule has 0 aromatic carbocycles. The Morgan fingerprint density at radius 3 is 2.53 bits per heavy atom. The fourth-order valence-corrected chi connectivity index (χ4v) is 3.74. The number of aliphatic hydroxyl groups excluding tert-OH is 1. The normalized spacial score (nSPS) is 22.7. The van der Waals surface area contributed by atoms with Crippen molar-refractivity contribution in [2.45, 2.75) is 51.6 Å². The quantitative estimate of drug-likeness (QED) is 0.887. The van der Waals surface area contributed by atoms with E-state index in [2.05, 4.69) is 9.88 Å². The lowest BCUT2D eigenvalue weighted by Gasteiger charge is -2.44. The third-order valence-corrected chi connectivity index (χ3v) is 5.05. The van der Waals surface area contributed by atoms with Crippen LogP contribution in [0.2, 0.25) is 0 Å². The molecular weight excluding hydrogens is 236 g/mol. The minimum Gasteiger partial charge on any atom is -0.392 e. The molecule has 1 spiro atoms. The molecule has 1 N–H and O–H groups in total. The summed E-state index contributed by atoms with van der Waals surface area (Å²) in [6.07, 6.45) is 11.6. The van der Waals surface area contributed by atoms with Crippen LogP contribution < -0.4 is 4.90 Å². The maximum Gasteiger partial charge on any atom is 0.128 e. The van der Waals surface area contributed by atoms with Crippen LogP contribution in [0, 0.1) is 5.41 Å². The molecule has 19 heavy (non-hydrogen) atoms. The predicted molar refractivity (Wildman–Crippen MR) is 77.1 cm³/mol. The van der Waals surface area contributed by atoms with Crippen molar-refractivity contribution in [3.05, 3.63) is 23.9 Å². The molecule has 0 amide bonds. The third kappa shape index (κ3) is 2.76.